The summed E-state index contributed by atoms with van der Waals surface area (Å²) in [5.74, 6) is -0.312. The third-order valence-corrected chi connectivity index (χ3v) is 2.04. The van der Waals surface area contributed by atoms with Crippen molar-refractivity contribution >= 4 is 12.0 Å². The molecule has 0 amide bonds. The summed E-state index contributed by atoms with van der Waals surface area (Å²) in [4.78, 5) is 10.5. The third kappa shape index (κ3) is 4.55. The minimum absolute atomic E-state index is 0.428. The molecule has 0 spiro atoms. The van der Waals surface area contributed by atoms with E-state index in [1.165, 1.54) is 6.08 Å². The van der Waals surface area contributed by atoms with Crippen molar-refractivity contribution in [1.29, 1.82) is 0 Å². The summed E-state index contributed by atoms with van der Waals surface area (Å²) in [5.41, 5.74) is 2.73. The lowest BCUT2D eigenvalue weighted by molar-refractivity contribution is -0.131. The van der Waals surface area contributed by atoms with Crippen LogP contribution in [0.15, 0.2) is 36.4 Å². The van der Waals surface area contributed by atoms with Gasteiger partial charge in [-0.05, 0) is 37.6 Å². The number of aryl methyl sites for hydroxylation is 1. The predicted octanol–water partition coefficient (Wildman–Crippen LogP) is 3.05. The Bertz CT molecular complexity index is 459. The van der Waals surface area contributed by atoms with Gasteiger partial charge in [0.1, 0.15) is 12.4 Å². The van der Waals surface area contributed by atoms with E-state index in [4.69, 9.17) is 9.84 Å². The molecular formula is C14H16O3. The molecule has 0 aromatic heterocycles. The molecule has 0 heterocycles. The van der Waals surface area contributed by atoms with Gasteiger partial charge in [0.05, 0.1) is 0 Å². The molecule has 17 heavy (non-hydrogen) atoms. The second-order valence-electron chi connectivity index (χ2n) is 3.96. The average Bonchev–Trinajstić information content (AvgIpc) is 2.24. The number of rotatable bonds is 5. The van der Waals surface area contributed by atoms with E-state index < -0.39 is 5.97 Å². The molecule has 1 aromatic carbocycles. The Morgan fingerprint density at radius 1 is 1.53 bits per heavy atom. The largest absolute Gasteiger partial charge is 0.489 e. The third-order valence-electron chi connectivity index (χ3n) is 2.04. The number of carboxylic acid groups (broad SMARTS) is 1. The molecule has 0 radical (unpaired) electrons. The standard InChI is InChI=1S/C14H16O3/c1-10(2)9-17-13-6-4-11(3)8-12(13)5-7-14(15)16/h4-8H,1,9H2,2-3H3,(H,15,16)/b7-5+. The number of carbonyl (C=O) groups is 1. The Labute approximate surface area is 101 Å². The fraction of sp³-hybridized carbons (Fsp3) is 0.214. The van der Waals surface area contributed by atoms with Crippen LogP contribution in [0, 0.1) is 6.92 Å². The van der Waals surface area contributed by atoms with Crippen molar-refractivity contribution in [3.8, 4) is 5.75 Å². The molecule has 0 fully saturated rings. The van der Waals surface area contributed by atoms with Gasteiger partial charge < -0.3 is 9.84 Å². The molecule has 0 saturated heterocycles. The van der Waals surface area contributed by atoms with E-state index in [1.807, 2.05) is 32.0 Å². The lowest BCUT2D eigenvalue weighted by Crippen LogP contribution is -1.99. The molecule has 0 saturated carbocycles. The van der Waals surface area contributed by atoms with Gasteiger partial charge in [0.25, 0.3) is 0 Å². The Kier molecular flexibility index (Phi) is 4.52. The first kappa shape index (κ1) is 13.0. The van der Waals surface area contributed by atoms with Gasteiger partial charge >= 0.3 is 5.97 Å². The molecule has 0 aliphatic heterocycles. The van der Waals surface area contributed by atoms with Crippen LogP contribution in [0.2, 0.25) is 0 Å². The topological polar surface area (TPSA) is 46.5 Å². The normalized spacial score (nSPS) is 10.5. The number of ether oxygens (including phenoxy) is 1. The fourth-order valence-electron chi connectivity index (χ4n) is 1.29. The van der Waals surface area contributed by atoms with Crippen molar-refractivity contribution in [3.05, 3.63) is 47.6 Å². The number of benzene rings is 1. The van der Waals surface area contributed by atoms with Gasteiger partial charge in [-0.15, -0.1) is 0 Å². The highest BCUT2D eigenvalue weighted by Gasteiger charge is 2.02. The van der Waals surface area contributed by atoms with E-state index >= 15 is 0 Å². The molecule has 3 heteroatoms. The van der Waals surface area contributed by atoms with Crippen LogP contribution in [-0.4, -0.2) is 17.7 Å². The van der Waals surface area contributed by atoms with Crippen molar-refractivity contribution in [1.82, 2.24) is 0 Å². The summed E-state index contributed by atoms with van der Waals surface area (Å²) in [6, 6.07) is 5.64. The lowest BCUT2D eigenvalue weighted by Gasteiger charge is -2.09. The first-order valence-corrected chi connectivity index (χ1v) is 5.28. The number of aliphatic carboxylic acids is 1. The second-order valence-corrected chi connectivity index (χ2v) is 3.96. The van der Waals surface area contributed by atoms with E-state index in [9.17, 15) is 4.79 Å². The van der Waals surface area contributed by atoms with Gasteiger partial charge in [-0.25, -0.2) is 4.79 Å². The zero-order valence-electron chi connectivity index (χ0n) is 10.1. The first-order valence-electron chi connectivity index (χ1n) is 5.28. The summed E-state index contributed by atoms with van der Waals surface area (Å²) >= 11 is 0. The first-order chi connectivity index (χ1) is 7.99. The van der Waals surface area contributed by atoms with Crippen LogP contribution in [-0.2, 0) is 4.79 Å². The molecular weight excluding hydrogens is 216 g/mol. The van der Waals surface area contributed by atoms with Crippen molar-refractivity contribution < 1.29 is 14.6 Å². The van der Waals surface area contributed by atoms with Crippen LogP contribution in [0.25, 0.3) is 6.08 Å². The van der Waals surface area contributed by atoms with E-state index in [-0.39, 0.29) is 0 Å². The quantitative estimate of drug-likeness (QED) is 0.627. The monoisotopic (exact) mass is 232 g/mol. The zero-order valence-corrected chi connectivity index (χ0v) is 10.1. The van der Waals surface area contributed by atoms with Crippen LogP contribution < -0.4 is 4.74 Å². The number of carboxylic acids is 1. The fourth-order valence-corrected chi connectivity index (χ4v) is 1.29. The van der Waals surface area contributed by atoms with Crippen LogP contribution in [0.1, 0.15) is 18.1 Å². The van der Waals surface area contributed by atoms with Crippen molar-refractivity contribution in [2.75, 3.05) is 6.61 Å². The van der Waals surface area contributed by atoms with Crippen molar-refractivity contribution in [2.45, 2.75) is 13.8 Å². The SMILES string of the molecule is C=C(C)COc1ccc(C)cc1/C=C/C(=O)O. The maximum absolute atomic E-state index is 10.5. The van der Waals surface area contributed by atoms with Crippen LogP contribution in [0.3, 0.4) is 0 Å². The molecule has 0 atom stereocenters. The van der Waals surface area contributed by atoms with Gasteiger partial charge in [-0.1, -0.05) is 18.2 Å². The highest BCUT2D eigenvalue weighted by molar-refractivity contribution is 5.85. The molecule has 1 aromatic rings. The van der Waals surface area contributed by atoms with Gasteiger partial charge in [-0.2, -0.15) is 0 Å². The average molecular weight is 232 g/mol. The van der Waals surface area contributed by atoms with E-state index in [0.29, 0.717) is 12.4 Å². The minimum atomic E-state index is -0.975. The van der Waals surface area contributed by atoms with Gasteiger partial charge in [0.15, 0.2) is 0 Å². The summed E-state index contributed by atoms with van der Waals surface area (Å²) < 4.78 is 5.54. The van der Waals surface area contributed by atoms with Crippen molar-refractivity contribution in [3.63, 3.8) is 0 Å². The zero-order chi connectivity index (χ0) is 12.8. The Hall–Kier alpha value is -2.03. The Balaban J connectivity index is 2.95. The molecule has 0 bridgehead atoms. The van der Waals surface area contributed by atoms with Crippen LogP contribution in [0.4, 0.5) is 0 Å². The Morgan fingerprint density at radius 3 is 2.82 bits per heavy atom. The Morgan fingerprint density at radius 2 is 2.24 bits per heavy atom. The molecule has 3 nitrogen and oxygen atoms in total. The van der Waals surface area contributed by atoms with Gasteiger partial charge in [0.2, 0.25) is 0 Å². The van der Waals surface area contributed by atoms with E-state index in [1.54, 1.807) is 0 Å². The summed E-state index contributed by atoms with van der Waals surface area (Å²) in [6.07, 6.45) is 2.63. The van der Waals surface area contributed by atoms with Crippen molar-refractivity contribution in [2.24, 2.45) is 0 Å². The molecule has 1 N–H and O–H groups in total. The molecule has 0 unspecified atom stereocenters. The highest BCUT2D eigenvalue weighted by Crippen LogP contribution is 2.22. The minimum Gasteiger partial charge on any atom is -0.489 e. The lowest BCUT2D eigenvalue weighted by atomic mass is 10.1. The molecule has 0 aliphatic rings. The van der Waals surface area contributed by atoms with Crippen LogP contribution >= 0.6 is 0 Å². The predicted molar refractivity (Wildman–Crippen MR) is 68.2 cm³/mol. The highest BCUT2D eigenvalue weighted by atomic mass is 16.5. The maximum atomic E-state index is 10.5. The van der Waals surface area contributed by atoms with E-state index in [2.05, 4.69) is 6.58 Å². The smallest absolute Gasteiger partial charge is 0.328 e. The summed E-state index contributed by atoms with van der Waals surface area (Å²) in [7, 11) is 0. The van der Waals surface area contributed by atoms with E-state index in [0.717, 1.165) is 22.8 Å². The number of hydrogen-bond acceptors (Lipinski definition) is 2. The van der Waals surface area contributed by atoms with Gasteiger partial charge in [-0.3, -0.25) is 0 Å². The molecule has 0 aliphatic carbocycles. The molecule has 1 rings (SSSR count). The maximum Gasteiger partial charge on any atom is 0.328 e. The summed E-state index contributed by atoms with van der Waals surface area (Å²) in [6.45, 7) is 8.00. The number of hydrogen-bond donors (Lipinski definition) is 1. The second kappa shape index (κ2) is 5.89. The van der Waals surface area contributed by atoms with Crippen LogP contribution in [0.5, 0.6) is 5.75 Å². The summed E-state index contributed by atoms with van der Waals surface area (Å²) in [5, 5.41) is 8.61. The van der Waals surface area contributed by atoms with Gasteiger partial charge in [0, 0.05) is 11.6 Å². The molecule has 90 valence electrons.